The van der Waals surface area contributed by atoms with E-state index in [1.54, 1.807) is 37.5 Å². The summed E-state index contributed by atoms with van der Waals surface area (Å²) in [7, 11) is 3.08. The minimum Gasteiger partial charge on any atom is -0.550 e. The number of carboxylic acids is 1. The number of carbonyl (C=O) groups is 2. The first-order valence-electron chi connectivity index (χ1n) is 7.58. The largest absolute Gasteiger partial charge is 0.550 e. The Kier molecular flexibility index (Phi) is 4.44. The number of hydrogen-bond donors (Lipinski definition) is 1. The van der Waals surface area contributed by atoms with Crippen LogP contribution in [0.3, 0.4) is 0 Å². The van der Waals surface area contributed by atoms with Gasteiger partial charge in [0, 0.05) is 18.4 Å². The van der Waals surface area contributed by atoms with Gasteiger partial charge in [0.05, 0.1) is 32.3 Å². The molecule has 4 atom stereocenters. The van der Waals surface area contributed by atoms with Crippen LogP contribution in [-0.2, 0) is 20.9 Å². The average Bonchev–Trinajstić information content (AvgIpc) is 3.20. The molecule has 1 amide bonds. The molecule has 7 nitrogen and oxygen atoms in total. The molecule has 1 fully saturated rings. The van der Waals surface area contributed by atoms with Crippen LogP contribution >= 0.6 is 0 Å². The smallest absolute Gasteiger partial charge is 0.227 e. The maximum Gasteiger partial charge on any atom is 0.227 e. The van der Waals surface area contributed by atoms with Gasteiger partial charge in [-0.25, -0.2) is 0 Å². The SMILES string of the molecule is COc1ccc(CNC(=O)[C@@H]2[C@@H](C(=O)[O-])[C@@H]3C=C[C@H]2O3)cc1OC. The zero-order chi connectivity index (χ0) is 17.3. The van der Waals surface area contributed by atoms with Crippen LogP contribution in [0.15, 0.2) is 30.4 Å². The molecule has 0 spiro atoms. The Morgan fingerprint density at radius 2 is 1.79 bits per heavy atom. The van der Waals surface area contributed by atoms with Crippen molar-refractivity contribution in [3.8, 4) is 11.5 Å². The van der Waals surface area contributed by atoms with Crippen LogP contribution in [0, 0.1) is 11.8 Å². The lowest BCUT2D eigenvalue weighted by molar-refractivity contribution is -0.313. The Morgan fingerprint density at radius 1 is 1.12 bits per heavy atom. The molecule has 2 bridgehead atoms. The molecular formula is C17H18NO6-. The van der Waals surface area contributed by atoms with E-state index in [0.717, 1.165) is 5.56 Å². The average molecular weight is 332 g/mol. The van der Waals surface area contributed by atoms with Gasteiger partial charge in [0.15, 0.2) is 11.5 Å². The zero-order valence-corrected chi connectivity index (χ0v) is 13.4. The number of benzene rings is 1. The highest BCUT2D eigenvalue weighted by molar-refractivity contribution is 5.86. The van der Waals surface area contributed by atoms with Gasteiger partial charge in [-0.1, -0.05) is 18.2 Å². The monoisotopic (exact) mass is 332 g/mol. The second-order valence-electron chi connectivity index (χ2n) is 5.73. The van der Waals surface area contributed by atoms with E-state index in [-0.39, 0.29) is 12.5 Å². The molecule has 24 heavy (non-hydrogen) atoms. The number of methoxy groups -OCH3 is 2. The summed E-state index contributed by atoms with van der Waals surface area (Å²) in [5.41, 5.74) is 0.811. The molecule has 1 N–H and O–H groups in total. The van der Waals surface area contributed by atoms with Gasteiger partial charge < -0.3 is 29.4 Å². The highest BCUT2D eigenvalue weighted by Crippen LogP contribution is 2.39. The van der Waals surface area contributed by atoms with Crippen molar-refractivity contribution in [3.05, 3.63) is 35.9 Å². The molecular weight excluding hydrogens is 314 g/mol. The fourth-order valence-electron chi connectivity index (χ4n) is 3.20. The molecule has 2 aliphatic heterocycles. The highest BCUT2D eigenvalue weighted by Gasteiger charge is 2.50. The van der Waals surface area contributed by atoms with Crippen molar-refractivity contribution in [2.75, 3.05) is 14.2 Å². The van der Waals surface area contributed by atoms with Crippen molar-refractivity contribution >= 4 is 11.9 Å². The number of aliphatic carboxylic acids is 1. The first-order valence-corrected chi connectivity index (χ1v) is 7.58. The third kappa shape index (κ3) is 2.82. The second kappa shape index (κ2) is 6.52. The highest BCUT2D eigenvalue weighted by atomic mass is 16.5. The predicted molar refractivity (Wildman–Crippen MR) is 81.2 cm³/mol. The van der Waals surface area contributed by atoms with Gasteiger partial charge in [-0.05, 0) is 17.7 Å². The first kappa shape index (κ1) is 16.3. The van der Waals surface area contributed by atoms with E-state index >= 15 is 0 Å². The quantitative estimate of drug-likeness (QED) is 0.715. The predicted octanol–water partition coefficient (Wildman–Crippen LogP) is -0.360. The van der Waals surface area contributed by atoms with Crippen LogP contribution < -0.4 is 19.9 Å². The molecule has 0 saturated carbocycles. The maximum absolute atomic E-state index is 12.4. The van der Waals surface area contributed by atoms with Gasteiger partial charge in [0.25, 0.3) is 0 Å². The van der Waals surface area contributed by atoms with Gasteiger partial charge in [-0.2, -0.15) is 0 Å². The van der Waals surface area contributed by atoms with E-state index in [1.807, 2.05) is 0 Å². The number of ether oxygens (including phenoxy) is 3. The number of amides is 1. The number of rotatable bonds is 6. The lowest BCUT2D eigenvalue weighted by Gasteiger charge is -2.25. The Morgan fingerprint density at radius 3 is 2.42 bits per heavy atom. The summed E-state index contributed by atoms with van der Waals surface area (Å²) in [4.78, 5) is 23.7. The van der Waals surface area contributed by atoms with E-state index in [4.69, 9.17) is 14.2 Å². The number of nitrogens with one attached hydrogen (secondary N) is 1. The third-order valence-corrected chi connectivity index (χ3v) is 4.39. The standard InChI is InChI=1S/C17H19NO6/c1-22-10-4-3-9(7-13(10)23-2)8-18-16(19)14-11-5-6-12(24-11)15(14)17(20)21/h3-7,11-12,14-15H,8H2,1-2H3,(H,18,19)(H,20,21)/p-1/t11-,12+,14+,15+/m1/s1. The second-order valence-corrected chi connectivity index (χ2v) is 5.73. The molecule has 1 aromatic rings. The normalized spacial score (nSPS) is 27.1. The molecule has 0 radical (unpaired) electrons. The Bertz CT molecular complexity index is 686. The van der Waals surface area contributed by atoms with Gasteiger partial charge >= 0.3 is 0 Å². The van der Waals surface area contributed by atoms with Gasteiger partial charge in [-0.3, -0.25) is 4.79 Å². The lowest BCUT2D eigenvalue weighted by atomic mass is 9.82. The van der Waals surface area contributed by atoms with E-state index in [2.05, 4.69) is 5.32 Å². The van der Waals surface area contributed by atoms with Gasteiger partial charge in [0.1, 0.15) is 0 Å². The molecule has 2 heterocycles. The summed E-state index contributed by atoms with van der Waals surface area (Å²) in [6.07, 6.45) is 2.30. The van der Waals surface area contributed by atoms with Crippen LogP contribution in [0.2, 0.25) is 0 Å². The molecule has 0 unspecified atom stereocenters. The van der Waals surface area contributed by atoms with Gasteiger partial charge in [-0.15, -0.1) is 0 Å². The van der Waals surface area contributed by atoms with Crippen LogP contribution in [-0.4, -0.2) is 38.3 Å². The first-order chi connectivity index (χ1) is 11.5. The summed E-state index contributed by atoms with van der Waals surface area (Å²) in [5, 5.41) is 14.1. The molecule has 0 aromatic heterocycles. The van der Waals surface area contributed by atoms with E-state index in [1.165, 1.54) is 7.11 Å². The lowest BCUT2D eigenvalue weighted by Crippen LogP contribution is -2.46. The van der Waals surface area contributed by atoms with E-state index < -0.39 is 30.0 Å². The fraction of sp³-hybridized carbons (Fsp3) is 0.412. The Labute approximate surface area is 139 Å². The van der Waals surface area contributed by atoms with Crippen LogP contribution in [0.25, 0.3) is 0 Å². The van der Waals surface area contributed by atoms with Crippen molar-refractivity contribution < 1.29 is 28.9 Å². The van der Waals surface area contributed by atoms with E-state index in [9.17, 15) is 14.7 Å². The maximum atomic E-state index is 12.4. The third-order valence-electron chi connectivity index (χ3n) is 4.39. The minimum atomic E-state index is -1.27. The number of carboxylic acid groups (broad SMARTS) is 1. The molecule has 3 rings (SSSR count). The molecule has 0 aliphatic carbocycles. The van der Waals surface area contributed by atoms with Crippen molar-refractivity contribution in [2.24, 2.45) is 11.8 Å². The molecule has 1 saturated heterocycles. The Balaban J connectivity index is 1.67. The molecule has 2 aliphatic rings. The van der Waals surface area contributed by atoms with Crippen LogP contribution in [0.4, 0.5) is 0 Å². The van der Waals surface area contributed by atoms with Crippen LogP contribution in [0.5, 0.6) is 11.5 Å². The molecule has 7 heteroatoms. The van der Waals surface area contributed by atoms with Crippen molar-refractivity contribution in [1.29, 1.82) is 0 Å². The number of carbonyl (C=O) groups excluding carboxylic acids is 2. The fourth-order valence-corrected chi connectivity index (χ4v) is 3.20. The summed E-state index contributed by atoms with van der Waals surface area (Å²) in [5.74, 6) is -2.20. The number of fused-ring (bicyclic) bond motifs is 2. The summed E-state index contributed by atoms with van der Waals surface area (Å²) in [6, 6.07) is 5.30. The van der Waals surface area contributed by atoms with Crippen LogP contribution in [0.1, 0.15) is 5.56 Å². The Hall–Kier alpha value is -2.54. The van der Waals surface area contributed by atoms with Crippen molar-refractivity contribution in [3.63, 3.8) is 0 Å². The summed E-state index contributed by atoms with van der Waals surface area (Å²) < 4.78 is 15.9. The number of hydrogen-bond acceptors (Lipinski definition) is 6. The minimum absolute atomic E-state index is 0.247. The molecule has 128 valence electrons. The summed E-state index contributed by atoms with van der Waals surface area (Å²) >= 11 is 0. The zero-order valence-electron chi connectivity index (χ0n) is 13.4. The van der Waals surface area contributed by atoms with E-state index in [0.29, 0.717) is 11.5 Å². The topological polar surface area (TPSA) is 96.9 Å². The van der Waals surface area contributed by atoms with Crippen molar-refractivity contribution in [1.82, 2.24) is 5.32 Å². The summed E-state index contributed by atoms with van der Waals surface area (Å²) in [6.45, 7) is 0.247. The molecule has 1 aromatic carbocycles. The van der Waals surface area contributed by atoms with Gasteiger partial charge in [0.2, 0.25) is 5.91 Å². The van der Waals surface area contributed by atoms with Crippen molar-refractivity contribution in [2.45, 2.75) is 18.8 Å².